The third kappa shape index (κ3) is 3.48. The lowest BCUT2D eigenvalue weighted by atomic mass is 10.1. The second-order valence-electron chi connectivity index (χ2n) is 7.39. The second kappa shape index (κ2) is 7.29. The van der Waals surface area contributed by atoms with Gasteiger partial charge in [-0.3, -0.25) is 9.69 Å². The highest BCUT2D eigenvalue weighted by Crippen LogP contribution is 2.33. The minimum Gasteiger partial charge on any atom is -0.480 e. The number of carboxylic acid groups (broad SMARTS) is 1. The van der Waals surface area contributed by atoms with E-state index in [1.54, 1.807) is 32.0 Å². The average molecular weight is 432 g/mol. The highest BCUT2D eigenvalue weighted by Gasteiger charge is 2.29. The smallest absolute Gasteiger partial charge is 0.414 e. The Kier molecular flexibility index (Phi) is 4.91. The van der Waals surface area contributed by atoms with Gasteiger partial charge in [0, 0.05) is 16.8 Å². The van der Waals surface area contributed by atoms with Crippen LogP contribution in [0, 0.1) is 5.92 Å². The molecule has 0 bridgehead atoms. The molecule has 3 aromatic rings. The maximum Gasteiger partial charge on any atom is 0.414 e. The molecule has 2 N–H and O–H groups in total. The number of nitrogens with one attached hydrogen (secondary N) is 1. The molecule has 1 amide bonds. The van der Waals surface area contributed by atoms with Crippen LogP contribution >= 0.6 is 0 Å². The summed E-state index contributed by atoms with van der Waals surface area (Å²) in [4.78, 5) is 24.6. The molecule has 1 aliphatic heterocycles. The van der Waals surface area contributed by atoms with Crippen LogP contribution in [0.4, 0.5) is 10.5 Å². The van der Waals surface area contributed by atoms with Gasteiger partial charge in [-0.2, -0.15) is 4.72 Å². The van der Waals surface area contributed by atoms with E-state index in [0.29, 0.717) is 40.8 Å². The predicted octanol–water partition coefficient (Wildman–Crippen LogP) is 2.93. The highest BCUT2D eigenvalue weighted by molar-refractivity contribution is 7.89. The number of anilines is 1. The zero-order chi connectivity index (χ0) is 21.6. The standard InChI is InChI=1S/C20H20N2O7S/c1-11(2)18(19(23)24)21-30(26,27)13-4-6-16-15(10-13)14-5-3-12(9-17(14)29-16)22-7-8-28-20(22)25/h3-6,9-11,18,21H,7-8H2,1-2H3,(H,23,24). The van der Waals surface area contributed by atoms with E-state index in [1.807, 2.05) is 0 Å². The van der Waals surface area contributed by atoms with E-state index in [1.165, 1.54) is 23.1 Å². The van der Waals surface area contributed by atoms with Gasteiger partial charge in [0.05, 0.1) is 17.1 Å². The van der Waals surface area contributed by atoms with E-state index < -0.39 is 34.0 Å². The van der Waals surface area contributed by atoms with E-state index in [0.717, 1.165) is 0 Å². The monoisotopic (exact) mass is 432 g/mol. The normalized spacial score (nSPS) is 15.8. The Morgan fingerprint density at radius 1 is 1.13 bits per heavy atom. The molecule has 10 heteroatoms. The van der Waals surface area contributed by atoms with Crippen LogP contribution in [-0.4, -0.2) is 44.8 Å². The molecule has 2 aromatic carbocycles. The fourth-order valence-corrected chi connectivity index (χ4v) is 4.78. The molecule has 158 valence electrons. The van der Waals surface area contributed by atoms with E-state index in [9.17, 15) is 23.1 Å². The number of cyclic esters (lactones) is 1. The van der Waals surface area contributed by atoms with Crippen molar-refractivity contribution in [2.75, 3.05) is 18.1 Å². The molecular formula is C20H20N2O7S. The second-order valence-corrected chi connectivity index (χ2v) is 9.10. The van der Waals surface area contributed by atoms with Crippen LogP contribution in [-0.2, 0) is 19.6 Å². The third-order valence-corrected chi connectivity index (χ3v) is 6.46. The molecule has 0 radical (unpaired) electrons. The SMILES string of the molecule is CC(C)C(NS(=O)(=O)c1ccc2oc3cc(N4CCOC4=O)ccc3c2c1)C(=O)O. The number of fused-ring (bicyclic) bond motifs is 3. The summed E-state index contributed by atoms with van der Waals surface area (Å²) in [5.41, 5.74) is 1.60. The molecule has 1 fully saturated rings. The summed E-state index contributed by atoms with van der Waals surface area (Å²) in [6.07, 6.45) is -0.428. The molecular weight excluding hydrogens is 412 g/mol. The number of aliphatic carboxylic acids is 1. The van der Waals surface area contributed by atoms with Crippen LogP contribution in [0.5, 0.6) is 0 Å². The summed E-state index contributed by atoms with van der Waals surface area (Å²) in [5, 5.41) is 10.5. The van der Waals surface area contributed by atoms with Crippen molar-refractivity contribution in [2.24, 2.45) is 5.92 Å². The van der Waals surface area contributed by atoms with E-state index in [-0.39, 0.29) is 4.90 Å². The molecule has 9 nitrogen and oxygen atoms in total. The first kappa shape index (κ1) is 20.2. The number of benzene rings is 2. The van der Waals surface area contributed by atoms with E-state index in [4.69, 9.17) is 9.15 Å². The predicted molar refractivity (Wildman–Crippen MR) is 109 cm³/mol. The Labute approximate surface area is 172 Å². The summed E-state index contributed by atoms with van der Waals surface area (Å²) in [6, 6.07) is 8.29. The molecule has 0 aliphatic carbocycles. The van der Waals surface area contributed by atoms with Gasteiger partial charge in [0.2, 0.25) is 10.0 Å². The molecule has 1 aliphatic rings. The number of sulfonamides is 1. The lowest BCUT2D eigenvalue weighted by Crippen LogP contribution is -2.44. The molecule has 30 heavy (non-hydrogen) atoms. The largest absolute Gasteiger partial charge is 0.480 e. The Morgan fingerprint density at radius 3 is 2.53 bits per heavy atom. The van der Waals surface area contributed by atoms with Crippen molar-refractivity contribution in [1.29, 1.82) is 0 Å². The number of carbonyl (C=O) groups excluding carboxylic acids is 1. The van der Waals surface area contributed by atoms with Gasteiger partial charge >= 0.3 is 12.1 Å². The fraction of sp³-hybridized carbons (Fsp3) is 0.300. The zero-order valence-corrected chi connectivity index (χ0v) is 17.1. The van der Waals surface area contributed by atoms with E-state index >= 15 is 0 Å². The number of nitrogens with zero attached hydrogens (tertiary/aromatic N) is 1. The van der Waals surface area contributed by atoms with Crippen LogP contribution in [0.25, 0.3) is 21.9 Å². The first-order valence-corrected chi connectivity index (χ1v) is 10.8. The maximum atomic E-state index is 12.8. The van der Waals surface area contributed by atoms with Crippen LogP contribution in [0.2, 0.25) is 0 Å². The van der Waals surface area contributed by atoms with Gasteiger partial charge in [0.25, 0.3) is 0 Å². The lowest BCUT2D eigenvalue weighted by molar-refractivity contribution is -0.140. The number of amides is 1. The van der Waals surface area contributed by atoms with Crippen LogP contribution in [0.1, 0.15) is 13.8 Å². The van der Waals surface area contributed by atoms with Crippen LogP contribution in [0.15, 0.2) is 45.7 Å². The highest BCUT2D eigenvalue weighted by atomic mass is 32.2. The summed E-state index contributed by atoms with van der Waals surface area (Å²) < 4.78 is 38.5. The van der Waals surface area contributed by atoms with Gasteiger partial charge in [-0.15, -0.1) is 0 Å². The number of carbonyl (C=O) groups is 2. The summed E-state index contributed by atoms with van der Waals surface area (Å²) in [7, 11) is -4.06. The van der Waals surface area contributed by atoms with Gasteiger partial charge < -0.3 is 14.3 Å². The minimum absolute atomic E-state index is 0.0585. The summed E-state index contributed by atoms with van der Waals surface area (Å²) in [6.45, 7) is 4.02. The molecule has 1 saturated heterocycles. The van der Waals surface area contributed by atoms with Gasteiger partial charge in [-0.25, -0.2) is 13.2 Å². The minimum atomic E-state index is -4.06. The number of carboxylic acids is 1. The fourth-order valence-electron chi connectivity index (χ4n) is 3.41. The van der Waals surface area contributed by atoms with Crippen LogP contribution < -0.4 is 9.62 Å². The first-order valence-electron chi connectivity index (χ1n) is 9.33. The van der Waals surface area contributed by atoms with E-state index in [2.05, 4.69) is 4.72 Å². The van der Waals surface area contributed by atoms with Crippen molar-refractivity contribution in [1.82, 2.24) is 4.72 Å². The number of ether oxygens (including phenoxy) is 1. The number of hydrogen-bond donors (Lipinski definition) is 2. The molecule has 0 saturated carbocycles. The molecule has 2 heterocycles. The molecule has 4 rings (SSSR count). The average Bonchev–Trinajstić information content (AvgIpc) is 3.27. The van der Waals surface area contributed by atoms with Gasteiger partial charge in [0.1, 0.15) is 23.8 Å². The third-order valence-electron chi connectivity index (χ3n) is 5.02. The van der Waals surface area contributed by atoms with Crippen molar-refractivity contribution >= 4 is 49.7 Å². The van der Waals surface area contributed by atoms with Gasteiger partial charge in [-0.05, 0) is 36.2 Å². The Hall–Kier alpha value is -3.11. The van der Waals surface area contributed by atoms with Crippen molar-refractivity contribution in [3.8, 4) is 0 Å². The van der Waals surface area contributed by atoms with Crippen molar-refractivity contribution in [3.05, 3.63) is 36.4 Å². The zero-order valence-electron chi connectivity index (χ0n) is 16.3. The maximum absolute atomic E-state index is 12.8. The summed E-state index contributed by atoms with van der Waals surface area (Å²) in [5.74, 6) is -1.66. The van der Waals surface area contributed by atoms with Crippen molar-refractivity contribution in [2.45, 2.75) is 24.8 Å². The Bertz CT molecular complexity index is 1260. The molecule has 1 aromatic heterocycles. The van der Waals surface area contributed by atoms with Gasteiger partial charge in [0.15, 0.2) is 0 Å². The van der Waals surface area contributed by atoms with Crippen molar-refractivity contribution in [3.63, 3.8) is 0 Å². The van der Waals surface area contributed by atoms with Gasteiger partial charge in [-0.1, -0.05) is 13.8 Å². The molecule has 1 atom stereocenters. The molecule has 0 spiro atoms. The molecule has 1 unspecified atom stereocenters. The number of hydrogen-bond acceptors (Lipinski definition) is 6. The number of furan rings is 1. The quantitative estimate of drug-likeness (QED) is 0.613. The summed E-state index contributed by atoms with van der Waals surface area (Å²) >= 11 is 0. The Morgan fingerprint density at radius 2 is 1.90 bits per heavy atom. The lowest BCUT2D eigenvalue weighted by Gasteiger charge is -2.17. The topological polar surface area (TPSA) is 126 Å². The van der Waals surface area contributed by atoms with Crippen LogP contribution in [0.3, 0.4) is 0 Å². The number of rotatable bonds is 6. The Balaban J connectivity index is 1.74. The van der Waals surface area contributed by atoms with Crippen molar-refractivity contribution < 1.29 is 32.3 Å². The first-order chi connectivity index (χ1) is 14.2.